The smallest absolute Gasteiger partial charge is 0.131 e. The summed E-state index contributed by atoms with van der Waals surface area (Å²) in [6.07, 6.45) is 0.785. The van der Waals surface area contributed by atoms with Crippen LogP contribution < -0.4 is 5.32 Å². The molecule has 0 aliphatic carbocycles. The van der Waals surface area contributed by atoms with E-state index in [-0.39, 0.29) is 0 Å². The molecule has 0 amide bonds. The number of hydrogen-bond acceptors (Lipinski definition) is 4. The van der Waals surface area contributed by atoms with Crippen LogP contribution in [-0.2, 0) is 17.7 Å². The molecule has 1 N–H and O–H groups in total. The second-order valence-corrected chi connectivity index (χ2v) is 4.77. The van der Waals surface area contributed by atoms with E-state index in [9.17, 15) is 0 Å². The molecule has 0 unspecified atom stereocenters. The lowest BCUT2D eigenvalue weighted by Crippen LogP contribution is -2.23. The van der Waals surface area contributed by atoms with Crippen molar-refractivity contribution >= 4 is 0 Å². The van der Waals surface area contributed by atoms with Gasteiger partial charge >= 0.3 is 0 Å². The molecule has 0 saturated carbocycles. The molecule has 0 atom stereocenters. The maximum Gasteiger partial charge on any atom is 0.131 e. The van der Waals surface area contributed by atoms with Crippen molar-refractivity contribution in [2.45, 2.75) is 53.6 Å². The van der Waals surface area contributed by atoms with Gasteiger partial charge in [-0.25, -0.2) is 9.97 Å². The Morgan fingerprint density at radius 2 is 1.78 bits per heavy atom. The molecule has 1 aromatic rings. The Kier molecular flexibility index (Phi) is 6.22. The van der Waals surface area contributed by atoms with E-state index in [1.165, 1.54) is 5.56 Å². The molecule has 102 valence electrons. The van der Waals surface area contributed by atoms with Crippen molar-refractivity contribution < 1.29 is 4.74 Å². The molecule has 0 bridgehead atoms. The van der Waals surface area contributed by atoms with E-state index in [1.54, 1.807) is 0 Å². The van der Waals surface area contributed by atoms with Crippen LogP contribution in [0.4, 0.5) is 0 Å². The Hall–Kier alpha value is -1.00. The minimum atomic E-state index is 0.474. The van der Waals surface area contributed by atoms with Gasteiger partial charge in [0.05, 0.1) is 6.61 Å². The maximum absolute atomic E-state index is 5.33. The Morgan fingerprint density at radius 1 is 1.17 bits per heavy atom. The van der Waals surface area contributed by atoms with Crippen LogP contribution in [0.2, 0.25) is 0 Å². The summed E-state index contributed by atoms with van der Waals surface area (Å²) in [5.74, 6) is 0.881. The number of nitrogens with zero attached hydrogens (tertiary/aromatic N) is 2. The van der Waals surface area contributed by atoms with Crippen LogP contribution in [0.15, 0.2) is 0 Å². The molecule has 0 aromatic carbocycles. The average Bonchev–Trinajstić information content (AvgIpc) is 2.28. The van der Waals surface area contributed by atoms with Gasteiger partial charge in [0.2, 0.25) is 0 Å². The lowest BCUT2D eigenvalue weighted by atomic mass is 10.1. The number of ether oxygens (including phenoxy) is 1. The third kappa shape index (κ3) is 4.70. The van der Waals surface area contributed by atoms with Gasteiger partial charge in [-0.2, -0.15) is 0 Å². The van der Waals surface area contributed by atoms with Gasteiger partial charge in [0.15, 0.2) is 0 Å². The van der Waals surface area contributed by atoms with Crippen molar-refractivity contribution in [3.05, 3.63) is 22.8 Å². The highest BCUT2D eigenvalue weighted by atomic mass is 16.5. The SMILES string of the molecule is CCOCCc1nc(C)c(CNC(C)C)c(C)n1. The van der Waals surface area contributed by atoms with E-state index >= 15 is 0 Å². The molecule has 4 heteroatoms. The fourth-order valence-corrected chi connectivity index (χ4v) is 1.79. The van der Waals surface area contributed by atoms with Gasteiger partial charge in [-0.3, -0.25) is 0 Å². The zero-order valence-electron chi connectivity index (χ0n) is 12.2. The summed E-state index contributed by atoms with van der Waals surface area (Å²) in [6.45, 7) is 12.7. The van der Waals surface area contributed by atoms with Gasteiger partial charge in [-0.15, -0.1) is 0 Å². The Bertz CT molecular complexity index is 354. The van der Waals surface area contributed by atoms with E-state index in [2.05, 4.69) is 43.0 Å². The minimum Gasteiger partial charge on any atom is -0.381 e. The zero-order chi connectivity index (χ0) is 13.5. The van der Waals surface area contributed by atoms with Crippen LogP contribution in [0.25, 0.3) is 0 Å². The van der Waals surface area contributed by atoms with Gasteiger partial charge in [-0.1, -0.05) is 13.8 Å². The molecule has 0 spiro atoms. The molecule has 4 nitrogen and oxygen atoms in total. The van der Waals surface area contributed by atoms with Crippen LogP contribution in [0.1, 0.15) is 43.5 Å². The highest BCUT2D eigenvalue weighted by molar-refractivity contribution is 5.24. The van der Waals surface area contributed by atoms with Crippen molar-refractivity contribution in [2.24, 2.45) is 0 Å². The Labute approximate surface area is 110 Å². The second kappa shape index (κ2) is 7.44. The summed E-state index contributed by atoms with van der Waals surface area (Å²) < 4.78 is 5.33. The topological polar surface area (TPSA) is 47.0 Å². The molecular formula is C14H25N3O. The number of rotatable bonds is 7. The van der Waals surface area contributed by atoms with Crippen molar-refractivity contribution in [3.8, 4) is 0 Å². The summed E-state index contributed by atoms with van der Waals surface area (Å²) in [7, 11) is 0. The van der Waals surface area contributed by atoms with Crippen LogP contribution in [0, 0.1) is 13.8 Å². The van der Waals surface area contributed by atoms with Gasteiger partial charge in [-0.05, 0) is 20.8 Å². The van der Waals surface area contributed by atoms with Crippen LogP contribution in [-0.4, -0.2) is 29.2 Å². The van der Waals surface area contributed by atoms with Crippen molar-refractivity contribution in [1.82, 2.24) is 15.3 Å². The van der Waals surface area contributed by atoms with Crippen LogP contribution >= 0.6 is 0 Å². The van der Waals surface area contributed by atoms with Crippen molar-refractivity contribution in [2.75, 3.05) is 13.2 Å². The fourth-order valence-electron chi connectivity index (χ4n) is 1.79. The quantitative estimate of drug-likeness (QED) is 0.754. The highest BCUT2D eigenvalue weighted by Crippen LogP contribution is 2.10. The molecule has 1 heterocycles. The summed E-state index contributed by atoms with van der Waals surface area (Å²) in [6, 6.07) is 0.474. The predicted octanol–water partition coefficient (Wildman–Crippen LogP) is 2.17. The van der Waals surface area contributed by atoms with E-state index in [1.807, 2.05) is 6.92 Å². The van der Waals surface area contributed by atoms with Crippen LogP contribution in [0.3, 0.4) is 0 Å². The normalized spacial score (nSPS) is 11.2. The summed E-state index contributed by atoms with van der Waals surface area (Å²) in [4.78, 5) is 9.11. The first-order valence-corrected chi connectivity index (χ1v) is 6.68. The monoisotopic (exact) mass is 251 g/mol. The zero-order valence-corrected chi connectivity index (χ0v) is 12.2. The molecule has 0 saturated heterocycles. The minimum absolute atomic E-state index is 0.474. The second-order valence-electron chi connectivity index (χ2n) is 4.77. The fraction of sp³-hybridized carbons (Fsp3) is 0.714. The van der Waals surface area contributed by atoms with E-state index < -0.39 is 0 Å². The first-order chi connectivity index (χ1) is 8.54. The molecule has 1 rings (SSSR count). The number of nitrogens with one attached hydrogen (secondary N) is 1. The highest BCUT2D eigenvalue weighted by Gasteiger charge is 2.08. The average molecular weight is 251 g/mol. The standard InChI is InChI=1S/C14H25N3O/c1-6-18-8-7-14-16-11(4)13(12(5)17-14)9-15-10(2)3/h10,15H,6-9H2,1-5H3. The van der Waals surface area contributed by atoms with Gasteiger partial charge in [0.1, 0.15) is 5.82 Å². The summed E-state index contributed by atoms with van der Waals surface area (Å²) >= 11 is 0. The Morgan fingerprint density at radius 3 is 2.28 bits per heavy atom. The number of hydrogen-bond donors (Lipinski definition) is 1. The molecule has 0 fully saturated rings. The molecular weight excluding hydrogens is 226 g/mol. The van der Waals surface area contributed by atoms with E-state index in [0.717, 1.165) is 36.8 Å². The van der Waals surface area contributed by atoms with Crippen molar-refractivity contribution in [3.63, 3.8) is 0 Å². The lowest BCUT2D eigenvalue weighted by Gasteiger charge is -2.13. The first-order valence-electron chi connectivity index (χ1n) is 6.68. The van der Waals surface area contributed by atoms with Crippen LogP contribution in [0.5, 0.6) is 0 Å². The molecule has 1 aromatic heterocycles. The first kappa shape index (κ1) is 15.1. The maximum atomic E-state index is 5.33. The number of aromatic nitrogens is 2. The van der Waals surface area contributed by atoms with Crippen molar-refractivity contribution in [1.29, 1.82) is 0 Å². The molecule has 0 radical (unpaired) electrons. The third-order valence-electron chi connectivity index (χ3n) is 2.83. The largest absolute Gasteiger partial charge is 0.381 e. The van der Waals surface area contributed by atoms with Gasteiger partial charge in [0.25, 0.3) is 0 Å². The molecule has 0 aliphatic rings. The lowest BCUT2D eigenvalue weighted by molar-refractivity contribution is 0.149. The van der Waals surface area contributed by atoms with Gasteiger partial charge in [0, 0.05) is 42.6 Å². The van der Waals surface area contributed by atoms with E-state index in [4.69, 9.17) is 4.74 Å². The van der Waals surface area contributed by atoms with E-state index in [0.29, 0.717) is 12.6 Å². The predicted molar refractivity (Wildman–Crippen MR) is 73.7 cm³/mol. The van der Waals surface area contributed by atoms with Gasteiger partial charge < -0.3 is 10.1 Å². The molecule has 18 heavy (non-hydrogen) atoms. The summed E-state index contributed by atoms with van der Waals surface area (Å²) in [5.41, 5.74) is 3.35. The Balaban J connectivity index is 2.71. The molecule has 0 aliphatic heterocycles. The third-order valence-corrected chi connectivity index (χ3v) is 2.83. The summed E-state index contributed by atoms with van der Waals surface area (Å²) in [5, 5.41) is 3.41. The number of aryl methyl sites for hydroxylation is 2.